The van der Waals surface area contributed by atoms with E-state index in [1.807, 2.05) is 31.3 Å². The Kier molecular flexibility index (Phi) is 4.73. The molecule has 3 N–H and O–H groups in total. The van der Waals surface area contributed by atoms with Gasteiger partial charge in [0.2, 0.25) is 5.91 Å². The minimum Gasteiger partial charge on any atom is -0.370 e. The van der Waals surface area contributed by atoms with Crippen molar-refractivity contribution in [2.45, 2.75) is 26.2 Å². The van der Waals surface area contributed by atoms with E-state index in [-0.39, 0.29) is 5.91 Å². The molecule has 7 nitrogen and oxygen atoms in total. The predicted octanol–water partition coefficient (Wildman–Crippen LogP) is 2.98. The normalized spacial score (nSPS) is 14.2. The molecule has 3 aromatic rings. The average Bonchev–Trinajstić information content (AvgIpc) is 3.11. The third kappa shape index (κ3) is 3.43. The summed E-state index contributed by atoms with van der Waals surface area (Å²) < 4.78 is 1.75. The Morgan fingerprint density at radius 3 is 2.64 bits per heavy atom. The van der Waals surface area contributed by atoms with Crippen molar-refractivity contribution in [3.05, 3.63) is 59.5 Å². The molecule has 0 radical (unpaired) electrons. The van der Waals surface area contributed by atoms with Crippen molar-refractivity contribution in [3.8, 4) is 0 Å². The SMILES string of the molecule is Cc1ccn2c(C(=O)Nc3cc(C(N)=O)ccc3N3CCCCC3)cnc2c1. The molecular weight excluding hydrogens is 354 g/mol. The van der Waals surface area contributed by atoms with Gasteiger partial charge < -0.3 is 16.0 Å². The number of anilines is 2. The zero-order valence-electron chi connectivity index (χ0n) is 15.8. The number of benzene rings is 1. The summed E-state index contributed by atoms with van der Waals surface area (Å²) in [7, 11) is 0. The van der Waals surface area contributed by atoms with E-state index in [4.69, 9.17) is 5.73 Å². The summed E-state index contributed by atoms with van der Waals surface area (Å²) in [5.74, 6) is -0.804. The second-order valence-electron chi connectivity index (χ2n) is 7.17. The van der Waals surface area contributed by atoms with Crippen molar-refractivity contribution in [3.63, 3.8) is 0 Å². The van der Waals surface area contributed by atoms with E-state index in [0.29, 0.717) is 22.6 Å². The topological polar surface area (TPSA) is 92.7 Å². The van der Waals surface area contributed by atoms with E-state index in [9.17, 15) is 9.59 Å². The fourth-order valence-corrected chi connectivity index (χ4v) is 3.64. The first kappa shape index (κ1) is 18.0. The molecule has 0 bridgehead atoms. The largest absolute Gasteiger partial charge is 0.370 e. The monoisotopic (exact) mass is 377 g/mol. The lowest BCUT2D eigenvalue weighted by Gasteiger charge is -2.30. The van der Waals surface area contributed by atoms with Crippen molar-refractivity contribution >= 4 is 28.8 Å². The molecule has 0 atom stereocenters. The van der Waals surface area contributed by atoms with E-state index in [0.717, 1.165) is 37.2 Å². The van der Waals surface area contributed by atoms with E-state index in [1.54, 1.807) is 22.7 Å². The van der Waals surface area contributed by atoms with Crippen LogP contribution in [-0.2, 0) is 0 Å². The quantitative estimate of drug-likeness (QED) is 0.731. The Labute approximate surface area is 163 Å². The lowest BCUT2D eigenvalue weighted by molar-refractivity contribution is 0.0995. The third-order valence-corrected chi connectivity index (χ3v) is 5.13. The number of nitrogens with two attached hydrogens (primary N) is 1. The molecular formula is C21H23N5O2. The molecule has 1 aliphatic rings. The van der Waals surface area contributed by atoms with Crippen LogP contribution in [0.5, 0.6) is 0 Å². The Morgan fingerprint density at radius 1 is 1.11 bits per heavy atom. The minimum absolute atomic E-state index is 0.281. The summed E-state index contributed by atoms with van der Waals surface area (Å²) in [6.45, 7) is 3.83. The van der Waals surface area contributed by atoms with Gasteiger partial charge in [0.1, 0.15) is 11.3 Å². The van der Waals surface area contributed by atoms with Crippen LogP contribution in [0.25, 0.3) is 5.65 Å². The van der Waals surface area contributed by atoms with Crippen LogP contribution >= 0.6 is 0 Å². The van der Waals surface area contributed by atoms with E-state index >= 15 is 0 Å². The van der Waals surface area contributed by atoms with Gasteiger partial charge in [-0.05, 0) is 62.1 Å². The number of nitrogens with one attached hydrogen (secondary N) is 1. The van der Waals surface area contributed by atoms with Crippen LogP contribution in [0.4, 0.5) is 11.4 Å². The maximum absolute atomic E-state index is 13.0. The molecule has 7 heteroatoms. The second kappa shape index (κ2) is 7.34. The molecule has 1 saturated heterocycles. The number of hydrogen-bond acceptors (Lipinski definition) is 4. The molecule has 4 rings (SSSR count). The first-order chi connectivity index (χ1) is 13.5. The van der Waals surface area contributed by atoms with Gasteiger partial charge in [0.25, 0.3) is 5.91 Å². The number of carbonyl (C=O) groups is 2. The summed E-state index contributed by atoms with van der Waals surface area (Å²) >= 11 is 0. The smallest absolute Gasteiger partial charge is 0.274 e. The Hall–Kier alpha value is -3.35. The Morgan fingerprint density at radius 2 is 1.89 bits per heavy atom. The number of aromatic nitrogens is 2. The number of fused-ring (bicyclic) bond motifs is 1. The summed E-state index contributed by atoms with van der Waals surface area (Å²) in [5, 5.41) is 2.96. The van der Waals surface area contributed by atoms with Crippen molar-refractivity contribution in [1.82, 2.24) is 9.38 Å². The van der Waals surface area contributed by atoms with Crippen molar-refractivity contribution in [2.24, 2.45) is 5.73 Å². The third-order valence-electron chi connectivity index (χ3n) is 5.13. The number of primary amides is 1. The maximum atomic E-state index is 13.0. The van der Waals surface area contributed by atoms with Gasteiger partial charge in [0.15, 0.2) is 0 Å². The highest BCUT2D eigenvalue weighted by molar-refractivity contribution is 6.06. The van der Waals surface area contributed by atoms with Gasteiger partial charge in [-0.15, -0.1) is 0 Å². The molecule has 0 saturated carbocycles. The molecule has 1 aliphatic heterocycles. The van der Waals surface area contributed by atoms with Crippen molar-refractivity contribution < 1.29 is 9.59 Å². The lowest BCUT2D eigenvalue weighted by atomic mass is 10.1. The van der Waals surface area contributed by atoms with Crippen LogP contribution in [0.3, 0.4) is 0 Å². The molecule has 0 unspecified atom stereocenters. The fourth-order valence-electron chi connectivity index (χ4n) is 3.64. The van der Waals surface area contributed by atoms with Crippen LogP contribution in [-0.4, -0.2) is 34.3 Å². The number of aryl methyl sites for hydroxylation is 1. The number of piperidine rings is 1. The molecule has 2 aromatic heterocycles. The summed E-state index contributed by atoms with van der Waals surface area (Å²) in [6, 6.07) is 9.07. The number of pyridine rings is 1. The van der Waals surface area contributed by atoms with Crippen LogP contribution < -0.4 is 16.0 Å². The first-order valence-corrected chi connectivity index (χ1v) is 9.47. The van der Waals surface area contributed by atoms with Crippen LogP contribution in [0.2, 0.25) is 0 Å². The minimum atomic E-state index is -0.522. The van der Waals surface area contributed by atoms with Crippen molar-refractivity contribution in [1.29, 1.82) is 0 Å². The number of hydrogen-bond donors (Lipinski definition) is 2. The summed E-state index contributed by atoms with van der Waals surface area (Å²) in [5.41, 5.74) is 9.53. The van der Waals surface area contributed by atoms with E-state index < -0.39 is 5.91 Å². The number of amides is 2. The molecule has 0 spiro atoms. The summed E-state index contributed by atoms with van der Waals surface area (Å²) in [6.07, 6.45) is 6.81. The predicted molar refractivity (Wildman–Crippen MR) is 109 cm³/mol. The van der Waals surface area contributed by atoms with Gasteiger partial charge in [-0.3, -0.25) is 14.0 Å². The lowest BCUT2D eigenvalue weighted by Crippen LogP contribution is -2.30. The Bertz CT molecular complexity index is 1050. The zero-order valence-corrected chi connectivity index (χ0v) is 15.8. The Balaban J connectivity index is 1.69. The first-order valence-electron chi connectivity index (χ1n) is 9.47. The van der Waals surface area contributed by atoms with Gasteiger partial charge in [0.05, 0.1) is 17.6 Å². The summed E-state index contributed by atoms with van der Waals surface area (Å²) in [4.78, 5) is 31.2. The highest BCUT2D eigenvalue weighted by Gasteiger charge is 2.19. The van der Waals surface area contributed by atoms with Gasteiger partial charge in [-0.1, -0.05) is 0 Å². The molecule has 2 amide bonds. The molecule has 3 heterocycles. The second-order valence-corrected chi connectivity index (χ2v) is 7.17. The molecule has 144 valence electrons. The highest BCUT2D eigenvalue weighted by Crippen LogP contribution is 2.30. The van der Waals surface area contributed by atoms with Crippen LogP contribution in [0, 0.1) is 6.92 Å². The number of carbonyl (C=O) groups excluding carboxylic acids is 2. The zero-order chi connectivity index (χ0) is 19.7. The van der Waals surface area contributed by atoms with Crippen LogP contribution in [0.1, 0.15) is 45.7 Å². The standard InChI is InChI=1S/C21H23N5O2/c1-14-7-10-26-18(13-23-19(26)11-14)21(28)24-16-12-15(20(22)27)5-6-17(16)25-8-3-2-4-9-25/h5-7,10-13H,2-4,8-9H2,1H3,(H2,22,27)(H,24,28). The molecule has 28 heavy (non-hydrogen) atoms. The maximum Gasteiger partial charge on any atom is 0.274 e. The van der Waals surface area contributed by atoms with E-state index in [2.05, 4.69) is 15.2 Å². The van der Waals surface area contributed by atoms with Gasteiger partial charge >= 0.3 is 0 Å². The van der Waals surface area contributed by atoms with Crippen LogP contribution in [0.15, 0.2) is 42.7 Å². The van der Waals surface area contributed by atoms with Crippen molar-refractivity contribution in [2.75, 3.05) is 23.3 Å². The number of imidazole rings is 1. The average molecular weight is 377 g/mol. The van der Waals surface area contributed by atoms with E-state index in [1.165, 1.54) is 6.42 Å². The number of rotatable bonds is 4. The molecule has 0 aliphatic carbocycles. The highest BCUT2D eigenvalue weighted by atomic mass is 16.2. The molecule has 1 fully saturated rings. The number of nitrogens with zero attached hydrogens (tertiary/aromatic N) is 3. The van der Waals surface area contributed by atoms with Gasteiger partial charge in [-0.2, -0.15) is 0 Å². The van der Waals surface area contributed by atoms with Gasteiger partial charge in [0, 0.05) is 24.8 Å². The fraction of sp³-hybridized carbons (Fsp3) is 0.286. The van der Waals surface area contributed by atoms with Gasteiger partial charge in [-0.25, -0.2) is 4.98 Å². The molecule has 1 aromatic carbocycles.